The largest absolute Gasteiger partial charge is 0.469 e. The molecule has 3 heteroatoms. The smallest absolute Gasteiger partial charge is 0.311 e. The third kappa shape index (κ3) is 2.31. The Hall–Kier alpha value is -1.38. The van der Waals surface area contributed by atoms with E-state index in [1.54, 1.807) is 0 Å². The van der Waals surface area contributed by atoms with Gasteiger partial charge in [-0.3, -0.25) is 9.59 Å². The highest BCUT2D eigenvalue weighted by molar-refractivity contribution is 5.98. The molecule has 3 aliphatic rings. The second kappa shape index (κ2) is 5.57. The summed E-state index contributed by atoms with van der Waals surface area (Å²) >= 11 is 0. The number of allylic oxidation sites excluding steroid dienone is 3. The van der Waals surface area contributed by atoms with Crippen molar-refractivity contribution in [2.45, 2.75) is 59.3 Å². The van der Waals surface area contributed by atoms with Gasteiger partial charge in [0.2, 0.25) is 0 Å². The number of esters is 1. The Morgan fingerprint density at radius 2 is 2.00 bits per heavy atom. The van der Waals surface area contributed by atoms with Crippen molar-refractivity contribution in [1.29, 1.82) is 0 Å². The summed E-state index contributed by atoms with van der Waals surface area (Å²) in [5.74, 6) is 0.424. The van der Waals surface area contributed by atoms with Gasteiger partial charge >= 0.3 is 5.97 Å². The van der Waals surface area contributed by atoms with E-state index in [0.717, 1.165) is 37.7 Å². The second-order valence-corrected chi connectivity index (χ2v) is 8.85. The molecular formula is C21H30O3. The van der Waals surface area contributed by atoms with Crippen molar-refractivity contribution in [3.8, 4) is 0 Å². The van der Waals surface area contributed by atoms with Gasteiger partial charge in [-0.25, -0.2) is 0 Å². The zero-order valence-electron chi connectivity index (χ0n) is 15.5. The van der Waals surface area contributed by atoms with E-state index in [1.807, 2.05) is 13.0 Å². The number of ketones is 1. The highest BCUT2D eigenvalue weighted by Gasteiger charge is 2.60. The molecule has 0 aromatic heterocycles. The molecule has 0 bridgehead atoms. The topological polar surface area (TPSA) is 43.4 Å². The second-order valence-electron chi connectivity index (χ2n) is 8.85. The number of carbonyl (C=O) groups excluding carboxylic acids is 2. The first kappa shape index (κ1) is 17.4. The fraction of sp³-hybridized carbons (Fsp3) is 0.714. The highest BCUT2D eigenvalue weighted by Crippen LogP contribution is 2.63. The lowest BCUT2D eigenvalue weighted by Crippen LogP contribution is -2.56. The fourth-order valence-electron chi connectivity index (χ4n) is 5.83. The monoisotopic (exact) mass is 330 g/mol. The summed E-state index contributed by atoms with van der Waals surface area (Å²) in [6.07, 6.45) is 9.57. The van der Waals surface area contributed by atoms with Gasteiger partial charge in [0.15, 0.2) is 5.78 Å². The van der Waals surface area contributed by atoms with Gasteiger partial charge in [0.05, 0.1) is 12.5 Å². The molecule has 0 radical (unpaired) electrons. The van der Waals surface area contributed by atoms with Crippen molar-refractivity contribution < 1.29 is 14.3 Å². The number of Topliss-reactive ketones (excluding diaryl/α,β-unsaturated/α-hetero) is 1. The predicted octanol–water partition coefficient (Wildman–Crippen LogP) is 4.47. The Kier molecular flexibility index (Phi) is 4.05. The molecule has 2 saturated carbocycles. The van der Waals surface area contributed by atoms with Crippen molar-refractivity contribution in [1.82, 2.24) is 0 Å². The number of methoxy groups -OCH3 is 1. The van der Waals surface area contributed by atoms with Gasteiger partial charge in [-0.2, -0.15) is 0 Å². The summed E-state index contributed by atoms with van der Waals surface area (Å²) in [7, 11) is 1.46. The lowest BCUT2D eigenvalue weighted by molar-refractivity contribution is -0.169. The van der Waals surface area contributed by atoms with E-state index < -0.39 is 5.41 Å². The van der Waals surface area contributed by atoms with Gasteiger partial charge in [0.25, 0.3) is 0 Å². The van der Waals surface area contributed by atoms with Crippen LogP contribution in [0.1, 0.15) is 59.3 Å². The predicted molar refractivity (Wildman–Crippen MR) is 94.3 cm³/mol. The lowest BCUT2D eigenvalue weighted by atomic mass is 9.45. The first-order chi connectivity index (χ1) is 11.2. The maximum Gasteiger partial charge on any atom is 0.311 e. The molecule has 132 valence electrons. The number of hydrogen-bond donors (Lipinski definition) is 0. The van der Waals surface area contributed by atoms with Crippen LogP contribution in [0.3, 0.4) is 0 Å². The summed E-state index contributed by atoms with van der Waals surface area (Å²) < 4.78 is 5.13. The molecule has 0 N–H and O–H groups in total. The first-order valence-corrected chi connectivity index (χ1v) is 9.18. The number of ether oxygens (including phenoxy) is 1. The summed E-state index contributed by atoms with van der Waals surface area (Å²) in [5, 5.41) is 0. The van der Waals surface area contributed by atoms with Gasteiger partial charge < -0.3 is 4.74 Å². The van der Waals surface area contributed by atoms with Crippen molar-refractivity contribution in [2.75, 3.05) is 7.11 Å². The molecule has 3 nitrogen and oxygen atoms in total. The number of carbonyl (C=O) groups is 2. The van der Waals surface area contributed by atoms with E-state index in [0.29, 0.717) is 6.42 Å². The highest BCUT2D eigenvalue weighted by atomic mass is 16.5. The molecule has 0 aromatic rings. The van der Waals surface area contributed by atoms with Gasteiger partial charge in [-0.05, 0) is 55.4 Å². The maximum atomic E-state index is 13.0. The van der Waals surface area contributed by atoms with Gasteiger partial charge in [-0.1, -0.05) is 32.4 Å². The van der Waals surface area contributed by atoms with Crippen LogP contribution in [0.2, 0.25) is 0 Å². The van der Waals surface area contributed by atoms with Gasteiger partial charge in [0, 0.05) is 11.8 Å². The Bertz CT molecular complexity index is 619. The molecule has 3 aliphatic carbocycles. The first-order valence-electron chi connectivity index (χ1n) is 9.18. The zero-order valence-corrected chi connectivity index (χ0v) is 15.5. The maximum absolute atomic E-state index is 13.0. The van der Waals surface area contributed by atoms with Gasteiger partial charge in [0.1, 0.15) is 0 Å². The van der Waals surface area contributed by atoms with E-state index in [-0.39, 0.29) is 34.4 Å². The minimum atomic E-state index is -0.540. The standard InChI is InChI=1S/C21H30O3/c1-6-19(2)11-8-15-14(13-19)16(22)12-17-20(15,3)9-7-10-21(17,4)18(23)24-5/h6,13,15,17H,1,7-12H2,2-5H3/t15-,17+,19+,20+,21-/m1/s1. The van der Waals surface area contributed by atoms with Crippen molar-refractivity contribution in [3.63, 3.8) is 0 Å². The van der Waals surface area contributed by atoms with E-state index in [2.05, 4.69) is 26.5 Å². The van der Waals surface area contributed by atoms with Crippen LogP contribution < -0.4 is 0 Å². The summed E-state index contributed by atoms with van der Waals surface area (Å²) in [6, 6.07) is 0. The number of fused-ring (bicyclic) bond motifs is 3. The summed E-state index contributed by atoms with van der Waals surface area (Å²) in [5.41, 5.74) is 0.382. The SMILES string of the molecule is C=C[C@]1(C)C=C2C(=O)C[C@H]3[C@@](C)(CCC[C@@]3(C)C(=O)OC)[C@@H]2CC1. The van der Waals surface area contributed by atoms with Crippen LogP contribution in [0.5, 0.6) is 0 Å². The van der Waals surface area contributed by atoms with Crippen LogP contribution in [0.15, 0.2) is 24.3 Å². The quantitative estimate of drug-likeness (QED) is 0.554. The molecule has 0 aliphatic heterocycles. The Balaban J connectivity index is 2.05. The molecule has 0 amide bonds. The average Bonchev–Trinajstić information content (AvgIpc) is 2.56. The van der Waals surface area contributed by atoms with Crippen LogP contribution in [-0.4, -0.2) is 18.9 Å². The molecule has 0 saturated heterocycles. The van der Waals surface area contributed by atoms with Crippen LogP contribution >= 0.6 is 0 Å². The summed E-state index contributed by atoms with van der Waals surface area (Å²) in [6.45, 7) is 10.4. The van der Waals surface area contributed by atoms with Crippen LogP contribution in [0, 0.1) is 28.1 Å². The fourth-order valence-corrected chi connectivity index (χ4v) is 5.83. The third-order valence-corrected chi connectivity index (χ3v) is 7.43. The summed E-state index contributed by atoms with van der Waals surface area (Å²) in [4.78, 5) is 25.5. The Labute approximate surface area is 145 Å². The molecule has 0 aromatic carbocycles. The zero-order chi connectivity index (χ0) is 17.8. The molecule has 0 spiro atoms. The molecule has 0 unspecified atom stereocenters. The van der Waals surface area contributed by atoms with E-state index in [9.17, 15) is 9.59 Å². The van der Waals surface area contributed by atoms with Crippen LogP contribution in [0.4, 0.5) is 0 Å². The molecule has 2 fully saturated rings. The molecular weight excluding hydrogens is 300 g/mol. The minimum absolute atomic E-state index is 0.00341. The Morgan fingerprint density at radius 3 is 2.62 bits per heavy atom. The number of rotatable bonds is 2. The Morgan fingerprint density at radius 1 is 1.29 bits per heavy atom. The van der Waals surface area contributed by atoms with E-state index >= 15 is 0 Å². The normalized spacial score (nSPS) is 44.8. The van der Waals surface area contributed by atoms with Crippen LogP contribution in [-0.2, 0) is 14.3 Å². The van der Waals surface area contributed by atoms with E-state index in [4.69, 9.17) is 4.74 Å². The molecule has 0 heterocycles. The molecule has 3 rings (SSSR count). The lowest BCUT2D eigenvalue weighted by Gasteiger charge is -2.58. The van der Waals surface area contributed by atoms with Crippen molar-refractivity contribution >= 4 is 11.8 Å². The third-order valence-electron chi connectivity index (χ3n) is 7.43. The molecule has 5 atom stereocenters. The van der Waals surface area contributed by atoms with Crippen molar-refractivity contribution in [2.24, 2.45) is 28.1 Å². The minimum Gasteiger partial charge on any atom is -0.469 e. The van der Waals surface area contributed by atoms with Crippen LogP contribution in [0.25, 0.3) is 0 Å². The molecule has 24 heavy (non-hydrogen) atoms. The average molecular weight is 330 g/mol. The van der Waals surface area contributed by atoms with E-state index in [1.165, 1.54) is 7.11 Å². The van der Waals surface area contributed by atoms with Crippen molar-refractivity contribution in [3.05, 3.63) is 24.3 Å². The van der Waals surface area contributed by atoms with Gasteiger partial charge in [-0.15, -0.1) is 6.58 Å². The number of hydrogen-bond acceptors (Lipinski definition) is 3.